The van der Waals surface area contributed by atoms with Crippen LogP contribution in [0.2, 0.25) is 0 Å². The van der Waals surface area contributed by atoms with E-state index >= 15 is 0 Å². The zero-order chi connectivity index (χ0) is 21.3. The minimum atomic E-state index is -0.384. The molecule has 1 amide bonds. The second-order valence-corrected chi connectivity index (χ2v) is 8.84. The van der Waals surface area contributed by atoms with Crippen LogP contribution in [-0.4, -0.2) is 67.9 Å². The van der Waals surface area contributed by atoms with Crippen LogP contribution in [0.25, 0.3) is 0 Å². The number of carbonyl (C=O) groups is 1. The van der Waals surface area contributed by atoms with Crippen LogP contribution in [-0.2, 0) is 17.8 Å². The van der Waals surface area contributed by atoms with Gasteiger partial charge in [0, 0.05) is 44.3 Å². The Morgan fingerprint density at radius 3 is 2.67 bits per heavy atom. The van der Waals surface area contributed by atoms with Gasteiger partial charge in [0.2, 0.25) is 5.91 Å². The summed E-state index contributed by atoms with van der Waals surface area (Å²) in [5.74, 6) is 0.936. The van der Waals surface area contributed by atoms with Crippen LogP contribution in [0.5, 0.6) is 0 Å². The largest absolute Gasteiger partial charge is 0.391 e. The number of aliphatic hydroxyl groups excluding tert-OH is 1. The normalized spacial score (nSPS) is 21.3. The molecule has 1 unspecified atom stereocenters. The third kappa shape index (κ3) is 4.05. The molecule has 1 N–H and O–H groups in total. The van der Waals surface area contributed by atoms with Crippen molar-refractivity contribution in [1.29, 1.82) is 0 Å². The van der Waals surface area contributed by atoms with Gasteiger partial charge < -0.3 is 14.9 Å². The Kier molecular flexibility index (Phi) is 5.77. The van der Waals surface area contributed by atoms with Gasteiger partial charge in [-0.1, -0.05) is 6.92 Å². The van der Waals surface area contributed by atoms with Crippen molar-refractivity contribution in [3.8, 4) is 0 Å². The SMILES string of the molecule is CCc1c(C)nn(CC(=O)N2CCC3(CC2)CC(O)CN(c2cnccn2)C3)c1C. The number of aliphatic hydroxyl groups is 1. The quantitative estimate of drug-likeness (QED) is 0.823. The average Bonchev–Trinajstić information content (AvgIpc) is 3.00. The summed E-state index contributed by atoms with van der Waals surface area (Å²) in [6.07, 6.45) is 8.22. The van der Waals surface area contributed by atoms with E-state index in [-0.39, 0.29) is 17.4 Å². The summed E-state index contributed by atoms with van der Waals surface area (Å²) < 4.78 is 1.85. The van der Waals surface area contributed by atoms with Crippen LogP contribution in [0.4, 0.5) is 5.82 Å². The number of aryl methyl sites for hydroxylation is 1. The second-order valence-electron chi connectivity index (χ2n) is 8.84. The molecule has 4 heterocycles. The molecule has 30 heavy (non-hydrogen) atoms. The zero-order valence-corrected chi connectivity index (χ0v) is 18.2. The van der Waals surface area contributed by atoms with Gasteiger partial charge in [-0.25, -0.2) is 4.98 Å². The Morgan fingerprint density at radius 2 is 2.03 bits per heavy atom. The summed E-state index contributed by atoms with van der Waals surface area (Å²) in [6.45, 7) is 9.35. The van der Waals surface area contributed by atoms with E-state index in [1.807, 2.05) is 23.4 Å². The topological polar surface area (TPSA) is 87.4 Å². The number of rotatable bonds is 4. The standard InChI is InChI=1S/C22H32N6O2/c1-4-19-16(2)25-28(17(19)3)14-21(30)26-9-5-22(6-10-26)11-18(29)13-27(15-22)20-12-23-7-8-24-20/h7-8,12,18,29H,4-6,9-11,13-15H2,1-3H3. The molecule has 2 aromatic rings. The highest BCUT2D eigenvalue weighted by Crippen LogP contribution is 2.41. The number of amides is 1. The van der Waals surface area contributed by atoms with Crippen LogP contribution in [0.3, 0.4) is 0 Å². The lowest BCUT2D eigenvalue weighted by Gasteiger charge is -2.49. The highest BCUT2D eigenvalue weighted by Gasteiger charge is 2.42. The Balaban J connectivity index is 1.40. The number of aromatic nitrogens is 4. The first kappa shape index (κ1) is 20.8. The summed E-state index contributed by atoms with van der Waals surface area (Å²) in [5, 5.41) is 15.1. The molecule has 0 bridgehead atoms. The predicted molar refractivity (Wildman–Crippen MR) is 114 cm³/mol. The van der Waals surface area contributed by atoms with Crippen molar-refractivity contribution in [2.75, 3.05) is 31.1 Å². The molecule has 4 rings (SSSR count). The van der Waals surface area contributed by atoms with Crippen molar-refractivity contribution in [3.63, 3.8) is 0 Å². The molecule has 0 aromatic carbocycles. The lowest BCUT2D eigenvalue weighted by atomic mass is 9.71. The van der Waals surface area contributed by atoms with Crippen LogP contribution in [0, 0.1) is 19.3 Å². The molecule has 0 radical (unpaired) electrons. The second kappa shape index (κ2) is 8.34. The van der Waals surface area contributed by atoms with Gasteiger partial charge in [0.15, 0.2) is 0 Å². The number of likely N-dealkylation sites (tertiary alicyclic amines) is 1. The van der Waals surface area contributed by atoms with Crippen molar-refractivity contribution in [3.05, 3.63) is 35.5 Å². The van der Waals surface area contributed by atoms with Crippen LogP contribution >= 0.6 is 0 Å². The molecule has 8 heteroatoms. The molecule has 2 aromatic heterocycles. The molecule has 0 aliphatic carbocycles. The molecule has 2 saturated heterocycles. The van der Waals surface area contributed by atoms with E-state index in [2.05, 4.69) is 26.9 Å². The summed E-state index contributed by atoms with van der Waals surface area (Å²) in [4.78, 5) is 25.6. The maximum absolute atomic E-state index is 12.9. The van der Waals surface area contributed by atoms with Crippen molar-refractivity contribution >= 4 is 11.7 Å². The average molecular weight is 413 g/mol. The van der Waals surface area contributed by atoms with Gasteiger partial charge >= 0.3 is 0 Å². The van der Waals surface area contributed by atoms with E-state index in [1.54, 1.807) is 18.6 Å². The van der Waals surface area contributed by atoms with Gasteiger partial charge in [-0.15, -0.1) is 0 Å². The molecule has 2 aliphatic rings. The van der Waals surface area contributed by atoms with Gasteiger partial charge in [-0.3, -0.25) is 14.5 Å². The molecule has 2 fully saturated rings. The Hall–Kier alpha value is -2.48. The predicted octanol–water partition coefficient (Wildman–Crippen LogP) is 1.73. The first-order valence-corrected chi connectivity index (χ1v) is 10.9. The number of β-amino-alcohol motifs (C(OH)–C–C–N with tert-alkyl or cyclic N) is 1. The monoisotopic (exact) mass is 412 g/mol. The fraction of sp³-hybridized carbons (Fsp3) is 0.636. The lowest BCUT2D eigenvalue weighted by Crippen LogP contribution is -2.55. The number of carbonyl (C=O) groups excluding carboxylic acids is 1. The summed E-state index contributed by atoms with van der Waals surface area (Å²) >= 11 is 0. The molecule has 1 spiro atoms. The van der Waals surface area contributed by atoms with Gasteiger partial charge in [0.1, 0.15) is 12.4 Å². The highest BCUT2D eigenvalue weighted by atomic mass is 16.3. The summed E-state index contributed by atoms with van der Waals surface area (Å²) in [5.41, 5.74) is 3.35. The van der Waals surface area contributed by atoms with Crippen LogP contribution < -0.4 is 4.90 Å². The molecule has 162 valence electrons. The molecular formula is C22H32N6O2. The highest BCUT2D eigenvalue weighted by molar-refractivity contribution is 5.76. The Labute approximate surface area is 177 Å². The summed E-state index contributed by atoms with van der Waals surface area (Å²) in [6, 6.07) is 0. The van der Waals surface area contributed by atoms with E-state index in [1.165, 1.54) is 5.56 Å². The molecular weight excluding hydrogens is 380 g/mol. The number of hydrogen-bond acceptors (Lipinski definition) is 6. The van der Waals surface area contributed by atoms with Crippen molar-refractivity contribution in [2.24, 2.45) is 5.41 Å². The van der Waals surface area contributed by atoms with E-state index in [0.717, 1.165) is 62.5 Å². The fourth-order valence-electron chi connectivity index (χ4n) is 5.20. The third-order valence-corrected chi connectivity index (χ3v) is 6.85. The zero-order valence-electron chi connectivity index (χ0n) is 18.2. The third-order valence-electron chi connectivity index (χ3n) is 6.85. The molecule has 2 aliphatic heterocycles. The number of anilines is 1. The van der Waals surface area contributed by atoms with E-state index in [9.17, 15) is 9.90 Å². The van der Waals surface area contributed by atoms with Gasteiger partial charge in [-0.2, -0.15) is 5.10 Å². The fourth-order valence-corrected chi connectivity index (χ4v) is 5.20. The molecule has 0 saturated carbocycles. The van der Waals surface area contributed by atoms with Crippen molar-refractivity contribution < 1.29 is 9.90 Å². The van der Waals surface area contributed by atoms with Crippen molar-refractivity contribution in [1.82, 2.24) is 24.6 Å². The number of piperidine rings is 2. The van der Waals surface area contributed by atoms with Gasteiger partial charge in [-0.05, 0) is 50.5 Å². The maximum atomic E-state index is 12.9. The van der Waals surface area contributed by atoms with Crippen LogP contribution in [0.15, 0.2) is 18.6 Å². The van der Waals surface area contributed by atoms with Gasteiger partial charge in [0.05, 0.1) is 18.0 Å². The van der Waals surface area contributed by atoms with Crippen molar-refractivity contribution in [2.45, 2.75) is 59.1 Å². The van der Waals surface area contributed by atoms with E-state index < -0.39 is 0 Å². The molecule has 1 atom stereocenters. The lowest BCUT2D eigenvalue weighted by molar-refractivity contribution is -0.134. The minimum Gasteiger partial charge on any atom is -0.391 e. The minimum absolute atomic E-state index is 0.0134. The first-order chi connectivity index (χ1) is 14.4. The van der Waals surface area contributed by atoms with E-state index in [4.69, 9.17) is 0 Å². The summed E-state index contributed by atoms with van der Waals surface area (Å²) in [7, 11) is 0. The van der Waals surface area contributed by atoms with E-state index in [0.29, 0.717) is 13.1 Å². The van der Waals surface area contributed by atoms with Gasteiger partial charge in [0.25, 0.3) is 0 Å². The Morgan fingerprint density at radius 1 is 1.27 bits per heavy atom. The number of nitrogens with zero attached hydrogens (tertiary/aromatic N) is 6. The van der Waals surface area contributed by atoms with Crippen LogP contribution in [0.1, 0.15) is 43.1 Å². The maximum Gasteiger partial charge on any atom is 0.244 e. The smallest absolute Gasteiger partial charge is 0.244 e. The molecule has 8 nitrogen and oxygen atoms in total. The first-order valence-electron chi connectivity index (χ1n) is 10.9. The Bertz CT molecular complexity index is 889. The number of hydrogen-bond donors (Lipinski definition) is 1.